The van der Waals surface area contributed by atoms with Crippen LogP contribution in [0.15, 0.2) is 0 Å². The van der Waals surface area contributed by atoms with Crippen LogP contribution in [-0.2, 0) is 4.57 Å². The summed E-state index contributed by atoms with van der Waals surface area (Å²) in [5.74, 6) is 1.40. The third-order valence-corrected chi connectivity index (χ3v) is 5.92. The lowest BCUT2D eigenvalue weighted by atomic mass is 9.94. The smallest absolute Gasteiger partial charge is 0.0739 e. The summed E-state index contributed by atoms with van der Waals surface area (Å²) in [5.41, 5.74) is 0.491. The second kappa shape index (κ2) is 4.31. The summed E-state index contributed by atoms with van der Waals surface area (Å²) in [6.07, 6.45) is 3.76. The Morgan fingerprint density at radius 1 is 1.21 bits per heavy atom. The van der Waals surface area contributed by atoms with Crippen molar-refractivity contribution < 1.29 is 4.57 Å². The SMILES string of the molecule is CC(C)C1CCCC1[P+](=O)C(C)(C)C. The van der Waals surface area contributed by atoms with E-state index >= 15 is 0 Å². The Kier molecular flexibility index (Phi) is 3.75. The molecule has 0 saturated heterocycles. The fourth-order valence-electron chi connectivity index (χ4n) is 2.54. The molecule has 3 unspecified atom stereocenters. The zero-order valence-corrected chi connectivity index (χ0v) is 11.1. The van der Waals surface area contributed by atoms with Crippen molar-refractivity contribution in [3.63, 3.8) is 0 Å². The molecular weight excluding hydrogens is 191 g/mol. The lowest BCUT2D eigenvalue weighted by Gasteiger charge is -2.19. The average Bonchev–Trinajstić information content (AvgIpc) is 2.48. The van der Waals surface area contributed by atoms with E-state index in [1.54, 1.807) is 0 Å². The molecule has 0 bridgehead atoms. The highest BCUT2D eigenvalue weighted by Gasteiger charge is 2.48. The molecule has 0 radical (unpaired) electrons. The normalized spacial score (nSPS) is 29.7. The molecule has 1 nitrogen and oxygen atoms in total. The maximum absolute atomic E-state index is 12.3. The molecular formula is C12H24OP+. The maximum atomic E-state index is 12.3. The predicted molar refractivity (Wildman–Crippen MR) is 63.3 cm³/mol. The fraction of sp³-hybridized carbons (Fsp3) is 1.00. The summed E-state index contributed by atoms with van der Waals surface area (Å²) < 4.78 is 12.3. The van der Waals surface area contributed by atoms with Gasteiger partial charge in [-0.2, -0.15) is 0 Å². The minimum absolute atomic E-state index is 0.00250. The average molecular weight is 215 g/mol. The van der Waals surface area contributed by atoms with Gasteiger partial charge in [0.2, 0.25) is 0 Å². The Morgan fingerprint density at radius 2 is 1.79 bits per heavy atom. The standard InChI is InChI=1S/C12H24OP/c1-9(2)10-7-6-8-11(10)14(13)12(3,4)5/h9-11H,6-8H2,1-5H3/q+1. The van der Waals surface area contributed by atoms with E-state index < -0.39 is 7.80 Å². The van der Waals surface area contributed by atoms with Crippen molar-refractivity contribution >= 4 is 7.80 Å². The first-order valence-electron chi connectivity index (χ1n) is 5.80. The molecule has 0 spiro atoms. The van der Waals surface area contributed by atoms with Gasteiger partial charge in [0.25, 0.3) is 0 Å². The van der Waals surface area contributed by atoms with Gasteiger partial charge in [-0.05, 0) is 46.0 Å². The minimum Gasteiger partial charge on any atom is -0.0739 e. The summed E-state index contributed by atoms with van der Waals surface area (Å²) in [6, 6.07) is 0. The predicted octanol–water partition coefficient (Wildman–Crippen LogP) is 4.44. The first kappa shape index (κ1) is 12.2. The summed E-state index contributed by atoms with van der Waals surface area (Å²) in [5, 5.41) is -0.00250. The highest BCUT2D eigenvalue weighted by molar-refractivity contribution is 7.47. The third kappa shape index (κ3) is 2.57. The van der Waals surface area contributed by atoms with Gasteiger partial charge in [0.05, 0.1) is 0 Å². The van der Waals surface area contributed by atoms with Crippen molar-refractivity contribution in [1.29, 1.82) is 0 Å². The Bertz CT molecular complexity index is 215. The van der Waals surface area contributed by atoms with E-state index in [-0.39, 0.29) is 5.16 Å². The van der Waals surface area contributed by atoms with Crippen LogP contribution in [0, 0.1) is 11.8 Å². The fourth-order valence-corrected chi connectivity index (χ4v) is 4.79. The van der Waals surface area contributed by atoms with Crippen LogP contribution in [0.3, 0.4) is 0 Å². The molecule has 0 heterocycles. The molecule has 1 fully saturated rings. The summed E-state index contributed by atoms with van der Waals surface area (Å²) in [7, 11) is -1.04. The molecule has 0 N–H and O–H groups in total. The van der Waals surface area contributed by atoms with Crippen LogP contribution in [0.2, 0.25) is 0 Å². The van der Waals surface area contributed by atoms with E-state index in [1.165, 1.54) is 19.3 Å². The van der Waals surface area contributed by atoms with Gasteiger partial charge in [0, 0.05) is 5.92 Å². The molecule has 1 saturated carbocycles. The van der Waals surface area contributed by atoms with Crippen LogP contribution in [0.5, 0.6) is 0 Å². The summed E-state index contributed by atoms with van der Waals surface area (Å²) in [4.78, 5) is 0. The van der Waals surface area contributed by atoms with Crippen LogP contribution >= 0.6 is 7.80 Å². The highest BCUT2D eigenvalue weighted by Crippen LogP contribution is 2.52. The van der Waals surface area contributed by atoms with Crippen LogP contribution in [0.25, 0.3) is 0 Å². The molecule has 14 heavy (non-hydrogen) atoms. The number of hydrogen-bond acceptors (Lipinski definition) is 1. The van der Waals surface area contributed by atoms with Crippen LogP contribution in [-0.4, -0.2) is 10.8 Å². The van der Waals surface area contributed by atoms with Gasteiger partial charge in [-0.25, -0.2) is 0 Å². The molecule has 3 atom stereocenters. The molecule has 0 aromatic carbocycles. The topological polar surface area (TPSA) is 17.1 Å². The largest absolute Gasteiger partial charge is 0.347 e. The van der Waals surface area contributed by atoms with Crippen LogP contribution in [0.1, 0.15) is 53.9 Å². The summed E-state index contributed by atoms with van der Waals surface area (Å²) in [6.45, 7) is 10.9. The quantitative estimate of drug-likeness (QED) is 0.622. The molecule has 2 heteroatoms. The zero-order valence-electron chi connectivity index (χ0n) is 10.2. The molecule has 82 valence electrons. The lowest BCUT2D eigenvalue weighted by Crippen LogP contribution is -2.22. The highest BCUT2D eigenvalue weighted by atomic mass is 31.1. The molecule has 0 amide bonds. The zero-order chi connectivity index (χ0) is 10.9. The Morgan fingerprint density at radius 3 is 2.21 bits per heavy atom. The van der Waals surface area contributed by atoms with Gasteiger partial charge >= 0.3 is 7.80 Å². The van der Waals surface area contributed by atoms with Gasteiger partial charge in [-0.3, -0.25) is 0 Å². The first-order chi connectivity index (χ1) is 6.34. The van der Waals surface area contributed by atoms with Gasteiger partial charge in [-0.15, -0.1) is 0 Å². The van der Waals surface area contributed by atoms with Gasteiger partial charge in [0.15, 0.2) is 10.8 Å². The van der Waals surface area contributed by atoms with E-state index in [1.807, 2.05) is 0 Å². The van der Waals surface area contributed by atoms with Crippen molar-refractivity contribution in [2.75, 3.05) is 0 Å². The molecule has 1 aliphatic rings. The molecule has 1 rings (SSSR count). The van der Waals surface area contributed by atoms with E-state index in [4.69, 9.17) is 0 Å². The number of hydrogen-bond donors (Lipinski definition) is 0. The van der Waals surface area contributed by atoms with Crippen molar-refractivity contribution in [2.24, 2.45) is 11.8 Å². The van der Waals surface area contributed by atoms with Crippen LogP contribution < -0.4 is 0 Å². The van der Waals surface area contributed by atoms with E-state index in [0.29, 0.717) is 17.5 Å². The first-order valence-corrected chi connectivity index (χ1v) is 7.13. The van der Waals surface area contributed by atoms with Gasteiger partial charge in [0.1, 0.15) is 0 Å². The number of rotatable bonds is 2. The third-order valence-electron chi connectivity index (χ3n) is 3.35. The molecule has 0 aromatic heterocycles. The van der Waals surface area contributed by atoms with Crippen molar-refractivity contribution in [1.82, 2.24) is 0 Å². The molecule has 1 aliphatic carbocycles. The Labute approximate surface area is 89.5 Å². The van der Waals surface area contributed by atoms with E-state index in [9.17, 15) is 4.57 Å². The minimum atomic E-state index is -1.04. The monoisotopic (exact) mass is 215 g/mol. The van der Waals surface area contributed by atoms with E-state index in [2.05, 4.69) is 34.6 Å². The Balaban J connectivity index is 2.72. The van der Waals surface area contributed by atoms with Gasteiger partial charge < -0.3 is 0 Å². The molecule has 0 aromatic rings. The van der Waals surface area contributed by atoms with Gasteiger partial charge in [-0.1, -0.05) is 18.4 Å². The van der Waals surface area contributed by atoms with Crippen LogP contribution in [0.4, 0.5) is 0 Å². The second-order valence-corrected chi connectivity index (χ2v) is 8.56. The lowest BCUT2D eigenvalue weighted by molar-refractivity contribution is 0.392. The van der Waals surface area contributed by atoms with E-state index in [0.717, 1.165) is 0 Å². The molecule has 0 aliphatic heterocycles. The van der Waals surface area contributed by atoms with Crippen molar-refractivity contribution in [2.45, 2.75) is 64.7 Å². The second-order valence-electron chi connectivity index (χ2n) is 5.90. The van der Waals surface area contributed by atoms with Crippen molar-refractivity contribution in [3.05, 3.63) is 0 Å². The van der Waals surface area contributed by atoms with Crippen molar-refractivity contribution in [3.8, 4) is 0 Å². The Hall–Kier alpha value is 0.100. The maximum Gasteiger partial charge on any atom is 0.347 e. The summed E-state index contributed by atoms with van der Waals surface area (Å²) >= 11 is 0.